The van der Waals surface area contributed by atoms with Crippen LogP contribution in [0.1, 0.15) is 42.6 Å². The summed E-state index contributed by atoms with van der Waals surface area (Å²) in [6.45, 7) is 7.07. The Kier molecular flexibility index (Phi) is 5.54. The number of aryl methyl sites for hydroxylation is 1. The number of hydrogen-bond donors (Lipinski definition) is 0. The Hall–Kier alpha value is -1.74. The number of rotatable bonds is 6. The molecule has 0 radical (unpaired) electrons. The standard InChI is InChI=1S/C21H28N4O2S2/c1-5-10-25-19-7-6-16(29(26,27)23(3)4)13-18(19)22-21(25)14-24-11-8-20-17(15(24)2)9-12-28-20/h6-7,9,12-13,15H,5,8,10-11,14H2,1-4H3. The summed E-state index contributed by atoms with van der Waals surface area (Å²) in [7, 11) is -0.367. The minimum Gasteiger partial charge on any atom is -0.327 e. The van der Waals surface area contributed by atoms with Crippen LogP contribution in [0.4, 0.5) is 0 Å². The highest BCUT2D eigenvalue weighted by atomic mass is 32.2. The van der Waals surface area contributed by atoms with Gasteiger partial charge in [0, 0.05) is 38.1 Å². The Bertz CT molecular complexity index is 1130. The predicted molar refractivity (Wildman–Crippen MR) is 118 cm³/mol. The average Bonchev–Trinajstić information content (AvgIpc) is 3.29. The molecule has 0 spiro atoms. The zero-order valence-electron chi connectivity index (χ0n) is 17.4. The third-order valence-electron chi connectivity index (χ3n) is 5.77. The molecule has 1 aromatic carbocycles. The third kappa shape index (κ3) is 3.63. The molecule has 1 unspecified atom stereocenters. The fraction of sp³-hybridized carbons (Fsp3) is 0.476. The van der Waals surface area contributed by atoms with Crippen LogP contribution in [-0.2, 0) is 29.5 Å². The Labute approximate surface area is 176 Å². The van der Waals surface area contributed by atoms with Gasteiger partial charge in [-0.05, 0) is 55.0 Å². The van der Waals surface area contributed by atoms with Crippen LogP contribution in [-0.4, -0.2) is 47.8 Å². The molecule has 6 nitrogen and oxygen atoms in total. The van der Waals surface area contributed by atoms with Gasteiger partial charge < -0.3 is 4.57 Å². The SMILES string of the molecule is CCCn1c(CN2CCc3sccc3C2C)nc2cc(S(=O)(=O)N(C)C)ccc21. The van der Waals surface area contributed by atoms with Gasteiger partial charge in [0.05, 0.1) is 22.5 Å². The van der Waals surface area contributed by atoms with Crippen LogP contribution < -0.4 is 0 Å². The highest BCUT2D eigenvalue weighted by Gasteiger charge is 2.26. The van der Waals surface area contributed by atoms with Gasteiger partial charge >= 0.3 is 0 Å². The van der Waals surface area contributed by atoms with Crippen molar-refractivity contribution in [1.29, 1.82) is 0 Å². The average molecular weight is 433 g/mol. The van der Waals surface area contributed by atoms with E-state index in [4.69, 9.17) is 4.98 Å². The maximum atomic E-state index is 12.5. The van der Waals surface area contributed by atoms with Crippen molar-refractivity contribution < 1.29 is 8.42 Å². The van der Waals surface area contributed by atoms with Gasteiger partial charge in [-0.3, -0.25) is 4.90 Å². The zero-order chi connectivity index (χ0) is 20.8. The summed E-state index contributed by atoms with van der Waals surface area (Å²) in [4.78, 5) is 9.13. The molecule has 0 amide bonds. The molecular formula is C21H28N4O2S2. The number of hydrogen-bond acceptors (Lipinski definition) is 5. The minimum absolute atomic E-state index is 0.289. The zero-order valence-corrected chi connectivity index (χ0v) is 19.1. The summed E-state index contributed by atoms with van der Waals surface area (Å²) in [5.41, 5.74) is 3.18. The van der Waals surface area contributed by atoms with E-state index in [0.717, 1.165) is 49.3 Å². The van der Waals surface area contributed by atoms with E-state index in [0.29, 0.717) is 6.04 Å². The first-order valence-corrected chi connectivity index (χ1v) is 12.4. The summed E-state index contributed by atoms with van der Waals surface area (Å²) >= 11 is 1.85. The molecule has 3 aromatic rings. The van der Waals surface area contributed by atoms with E-state index in [1.165, 1.54) is 14.7 Å². The number of sulfonamides is 1. The van der Waals surface area contributed by atoms with Crippen molar-refractivity contribution in [3.8, 4) is 0 Å². The predicted octanol–water partition coefficient (Wildman–Crippen LogP) is 3.88. The van der Waals surface area contributed by atoms with Crippen molar-refractivity contribution in [1.82, 2.24) is 18.8 Å². The minimum atomic E-state index is -3.47. The van der Waals surface area contributed by atoms with Gasteiger partial charge in [0.1, 0.15) is 5.82 Å². The van der Waals surface area contributed by atoms with Crippen LogP contribution in [0.15, 0.2) is 34.5 Å². The number of benzene rings is 1. The molecule has 0 fully saturated rings. The Morgan fingerprint density at radius 1 is 1.28 bits per heavy atom. The lowest BCUT2D eigenvalue weighted by atomic mass is 10.0. The fourth-order valence-electron chi connectivity index (χ4n) is 4.08. The maximum Gasteiger partial charge on any atom is 0.242 e. The highest BCUT2D eigenvalue weighted by Crippen LogP contribution is 2.34. The second-order valence-corrected chi connectivity index (χ2v) is 11.0. The van der Waals surface area contributed by atoms with E-state index in [2.05, 4.69) is 34.8 Å². The smallest absolute Gasteiger partial charge is 0.242 e. The Balaban J connectivity index is 1.71. The summed E-state index contributed by atoms with van der Waals surface area (Å²) in [5.74, 6) is 1.01. The Morgan fingerprint density at radius 2 is 2.07 bits per heavy atom. The van der Waals surface area contributed by atoms with Crippen LogP contribution >= 0.6 is 11.3 Å². The molecule has 156 valence electrons. The number of fused-ring (bicyclic) bond motifs is 2. The molecule has 1 aliphatic heterocycles. The first-order chi connectivity index (χ1) is 13.8. The van der Waals surface area contributed by atoms with Gasteiger partial charge in [-0.1, -0.05) is 6.92 Å². The molecule has 1 atom stereocenters. The van der Waals surface area contributed by atoms with Gasteiger partial charge in [0.25, 0.3) is 0 Å². The molecule has 0 saturated heterocycles. The lowest BCUT2D eigenvalue weighted by Crippen LogP contribution is -2.33. The Morgan fingerprint density at radius 3 is 2.79 bits per heavy atom. The number of thiophene rings is 1. The van der Waals surface area contributed by atoms with Gasteiger partial charge in [-0.2, -0.15) is 0 Å². The molecule has 8 heteroatoms. The fourth-order valence-corrected chi connectivity index (χ4v) is 5.97. The summed E-state index contributed by atoms with van der Waals surface area (Å²) < 4.78 is 28.5. The van der Waals surface area contributed by atoms with E-state index in [-0.39, 0.29) is 4.90 Å². The van der Waals surface area contributed by atoms with Gasteiger partial charge in [0.2, 0.25) is 10.0 Å². The molecule has 2 aromatic heterocycles. The summed E-state index contributed by atoms with van der Waals surface area (Å²) in [5, 5.41) is 2.18. The van der Waals surface area contributed by atoms with E-state index in [1.54, 1.807) is 26.2 Å². The van der Waals surface area contributed by atoms with Gasteiger partial charge in [-0.25, -0.2) is 17.7 Å². The largest absolute Gasteiger partial charge is 0.327 e. The molecule has 1 aliphatic rings. The molecular weight excluding hydrogens is 404 g/mol. The summed E-state index contributed by atoms with van der Waals surface area (Å²) in [6.07, 6.45) is 2.08. The van der Waals surface area contributed by atoms with Crippen LogP contribution in [0.25, 0.3) is 11.0 Å². The first-order valence-electron chi connectivity index (χ1n) is 10.0. The van der Waals surface area contributed by atoms with Crippen LogP contribution in [0.2, 0.25) is 0 Å². The van der Waals surface area contributed by atoms with Crippen LogP contribution in [0.3, 0.4) is 0 Å². The van der Waals surface area contributed by atoms with Crippen molar-refractivity contribution in [2.45, 2.75) is 50.7 Å². The van der Waals surface area contributed by atoms with Gasteiger partial charge in [-0.15, -0.1) is 11.3 Å². The van der Waals surface area contributed by atoms with Crippen LogP contribution in [0, 0.1) is 0 Å². The van der Waals surface area contributed by atoms with E-state index in [1.807, 2.05) is 17.4 Å². The molecule has 4 rings (SSSR count). The maximum absolute atomic E-state index is 12.5. The molecule has 3 heterocycles. The molecule has 0 bridgehead atoms. The van der Waals surface area contributed by atoms with E-state index in [9.17, 15) is 8.42 Å². The number of aromatic nitrogens is 2. The van der Waals surface area contributed by atoms with E-state index >= 15 is 0 Å². The first kappa shape index (κ1) is 20.5. The van der Waals surface area contributed by atoms with Crippen LogP contribution in [0.5, 0.6) is 0 Å². The normalized spacial score (nSPS) is 17.9. The molecule has 0 saturated carbocycles. The van der Waals surface area contributed by atoms with Gasteiger partial charge in [0.15, 0.2) is 0 Å². The van der Waals surface area contributed by atoms with Crippen molar-refractivity contribution >= 4 is 32.4 Å². The molecule has 0 aliphatic carbocycles. The van der Waals surface area contributed by atoms with Crippen molar-refractivity contribution in [2.75, 3.05) is 20.6 Å². The molecule has 29 heavy (non-hydrogen) atoms. The number of nitrogens with zero attached hydrogens (tertiary/aromatic N) is 4. The molecule has 0 N–H and O–H groups in total. The number of imidazole rings is 1. The highest BCUT2D eigenvalue weighted by molar-refractivity contribution is 7.89. The van der Waals surface area contributed by atoms with Crippen molar-refractivity contribution in [2.24, 2.45) is 0 Å². The quantitative estimate of drug-likeness (QED) is 0.593. The van der Waals surface area contributed by atoms with Crippen molar-refractivity contribution in [3.05, 3.63) is 45.9 Å². The topological polar surface area (TPSA) is 58.4 Å². The second kappa shape index (κ2) is 7.83. The third-order valence-corrected chi connectivity index (χ3v) is 8.58. The van der Waals surface area contributed by atoms with E-state index < -0.39 is 10.0 Å². The second-order valence-electron chi connectivity index (χ2n) is 7.81. The monoisotopic (exact) mass is 432 g/mol. The summed E-state index contributed by atoms with van der Waals surface area (Å²) in [6, 6.07) is 7.90. The lowest BCUT2D eigenvalue weighted by Gasteiger charge is -2.33. The lowest BCUT2D eigenvalue weighted by molar-refractivity contribution is 0.184. The van der Waals surface area contributed by atoms with Crippen molar-refractivity contribution in [3.63, 3.8) is 0 Å².